The molecule has 4 rings (SSSR count). The highest BCUT2D eigenvalue weighted by molar-refractivity contribution is 9.10. The fourth-order valence-corrected chi connectivity index (χ4v) is 3.40. The number of carbonyl (C=O) groups excluding carboxylic acids is 1. The van der Waals surface area contributed by atoms with Gasteiger partial charge in [-0.3, -0.25) is 4.79 Å². The van der Waals surface area contributed by atoms with Crippen LogP contribution in [0.2, 0.25) is 0 Å². The average Bonchev–Trinajstić information content (AvgIpc) is 3.24. The van der Waals surface area contributed by atoms with Crippen LogP contribution in [0.3, 0.4) is 0 Å². The lowest BCUT2D eigenvalue weighted by Gasteiger charge is -2.18. The second-order valence-corrected chi connectivity index (χ2v) is 7.64. The molecule has 0 atom stereocenters. The van der Waals surface area contributed by atoms with Crippen LogP contribution < -0.4 is 0 Å². The third kappa shape index (κ3) is 4.30. The number of nitrogens with zero attached hydrogens (tertiary/aromatic N) is 2. The van der Waals surface area contributed by atoms with E-state index in [4.69, 9.17) is 4.42 Å². The van der Waals surface area contributed by atoms with Crippen molar-refractivity contribution in [2.75, 3.05) is 7.05 Å². The Bertz CT molecular complexity index is 1120. The summed E-state index contributed by atoms with van der Waals surface area (Å²) in [5.74, 6) is 1.01. The number of hydrogen-bond acceptors (Lipinski definition) is 3. The number of carbonyl (C=O) groups is 1. The van der Waals surface area contributed by atoms with Gasteiger partial charge in [0.05, 0.1) is 11.8 Å². The minimum absolute atomic E-state index is 0.0761. The van der Waals surface area contributed by atoms with Crippen molar-refractivity contribution in [2.24, 2.45) is 0 Å². The van der Waals surface area contributed by atoms with Crippen LogP contribution in [0.5, 0.6) is 0 Å². The first-order chi connectivity index (χ1) is 14.1. The monoisotopic (exact) mass is 446 g/mol. The highest BCUT2D eigenvalue weighted by Gasteiger charge is 2.19. The first-order valence-electron chi connectivity index (χ1n) is 9.22. The molecule has 0 aliphatic carbocycles. The van der Waals surface area contributed by atoms with Gasteiger partial charge in [-0.2, -0.15) is 0 Å². The van der Waals surface area contributed by atoms with E-state index >= 15 is 0 Å². The van der Waals surface area contributed by atoms with E-state index in [2.05, 4.69) is 20.9 Å². The van der Waals surface area contributed by atoms with Crippen LogP contribution in [0.25, 0.3) is 22.8 Å². The Hall–Kier alpha value is -3.18. The van der Waals surface area contributed by atoms with E-state index in [1.54, 1.807) is 18.1 Å². The van der Waals surface area contributed by atoms with Crippen molar-refractivity contribution >= 4 is 21.8 Å². The molecule has 1 amide bonds. The van der Waals surface area contributed by atoms with Crippen LogP contribution in [-0.4, -0.2) is 22.8 Å². The Balaban J connectivity index is 1.62. The summed E-state index contributed by atoms with van der Waals surface area (Å²) in [6.45, 7) is 0.531. The van der Waals surface area contributed by atoms with Crippen molar-refractivity contribution in [3.05, 3.63) is 101 Å². The SMILES string of the molecule is CN(Cc1ccccc1)C(=O)c1ccccc1-c1ncc(-c2ccc(Br)cc2)o1. The molecule has 0 saturated heterocycles. The number of amides is 1. The lowest BCUT2D eigenvalue weighted by Crippen LogP contribution is -2.26. The summed E-state index contributed by atoms with van der Waals surface area (Å²) < 4.78 is 6.99. The Morgan fingerprint density at radius 1 is 0.966 bits per heavy atom. The van der Waals surface area contributed by atoms with Crippen LogP contribution in [0.1, 0.15) is 15.9 Å². The maximum Gasteiger partial charge on any atom is 0.254 e. The van der Waals surface area contributed by atoms with Crippen molar-refractivity contribution in [1.82, 2.24) is 9.88 Å². The molecular formula is C24H19BrN2O2. The third-order valence-corrected chi connectivity index (χ3v) is 5.16. The molecule has 4 nitrogen and oxygen atoms in total. The highest BCUT2D eigenvalue weighted by atomic mass is 79.9. The molecule has 0 aliphatic rings. The summed E-state index contributed by atoms with van der Waals surface area (Å²) in [4.78, 5) is 19.2. The molecular weight excluding hydrogens is 428 g/mol. The van der Waals surface area contributed by atoms with Crippen LogP contribution >= 0.6 is 15.9 Å². The van der Waals surface area contributed by atoms with Gasteiger partial charge in [-0.05, 0) is 29.8 Å². The van der Waals surface area contributed by atoms with Gasteiger partial charge in [0.15, 0.2) is 5.76 Å². The van der Waals surface area contributed by atoms with Gasteiger partial charge in [0, 0.05) is 29.2 Å². The molecule has 29 heavy (non-hydrogen) atoms. The summed E-state index contributed by atoms with van der Waals surface area (Å²) in [6.07, 6.45) is 1.69. The van der Waals surface area contributed by atoms with Crippen molar-refractivity contribution in [3.63, 3.8) is 0 Å². The van der Waals surface area contributed by atoms with E-state index in [9.17, 15) is 4.79 Å². The van der Waals surface area contributed by atoms with E-state index in [1.807, 2.05) is 78.9 Å². The number of hydrogen-bond donors (Lipinski definition) is 0. The lowest BCUT2D eigenvalue weighted by molar-refractivity contribution is 0.0785. The summed E-state index contributed by atoms with van der Waals surface area (Å²) >= 11 is 3.43. The lowest BCUT2D eigenvalue weighted by atomic mass is 10.1. The molecule has 144 valence electrons. The fraction of sp³-hybridized carbons (Fsp3) is 0.0833. The van der Waals surface area contributed by atoms with Gasteiger partial charge in [-0.25, -0.2) is 4.98 Å². The van der Waals surface area contributed by atoms with Gasteiger partial charge in [-0.15, -0.1) is 0 Å². The van der Waals surface area contributed by atoms with Gasteiger partial charge in [0.1, 0.15) is 0 Å². The van der Waals surface area contributed by atoms with Gasteiger partial charge >= 0.3 is 0 Å². The Labute approximate surface area is 178 Å². The van der Waals surface area contributed by atoms with Gasteiger partial charge in [0.25, 0.3) is 5.91 Å². The number of oxazole rings is 1. The second-order valence-electron chi connectivity index (χ2n) is 6.73. The number of halogens is 1. The zero-order chi connectivity index (χ0) is 20.2. The molecule has 0 saturated carbocycles. The molecule has 0 aliphatic heterocycles. The normalized spacial score (nSPS) is 10.7. The largest absolute Gasteiger partial charge is 0.436 e. The maximum atomic E-state index is 13.1. The smallest absolute Gasteiger partial charge is 0.254 e. The Kier molecular flexibility index (Phi) is 5.58. The molecule has 0 spiro atoms. The zero-order valence-electron chi connectivity index (χ0n) is 15.9. The molecule has 0 N–H and O–H groups in total. The van der Waals surface area contributed by atoms with Crippen LogP contribution in [0, 0.1) is 0 Å². The van der Waals surface area contributed by atoms with E-state index in [0.29, 0.717) is 29.3 Å². The van der Waals surface area contributed by atoms with Crippen molar-refractivity contribution in [3.8, 4) is 22.8 Å². The number of benzene rings is 3. The standard InChI is InChI=1S/C24H19BrN2O2/c1-27(16-17-7-3-2-4-8-17)24(28)21-10-6-5-9-20(21)23-26-15-22(29-23)18-11-13-19(25)14-12-18/h2-15H,16H2,1H3. The zero-order valence-corrected chi connectivity index (χ0v) is 17.5. The first kappa shape index (κ1) is 19.2. The molecule has 1 aromatic heterocycles. The molecule has 0 radical (unpaired) electrons. The van der Waals surface area contributed by atoms with Crippen molar-refractivity contribution in [2.45, 2.75) is 6.54 Å². The van der Waals surface area contributed by atoms with Crippen molar-refractivity contribution < 1.29 is 9.21 Å². The van der Waals surface area contributed by atoms with Crippen LogP contribution in [0.15, 0.2) is 93.9 Å². The molecule has 0 unspecified atom stereocenters. The van der Waals surface area contributed by atoms with Crippen LogP contribution in [-0.2, 0) is 6.54 Å². The summed E-state index contributed by atoms with van der Waals surface area (Å²) in [5, 5.41) is 0. The second kappa shape index (κ2) is 8.45. The maximum absolute atomic E-state index is 13.1. The predicted molar refractivity (Wildman–Crippen MR) is 117 cm³/mol. The summed E-state index contributed by atoms with van der Waals surface area (Å²) in [6, 6.07) is 25.1. The molecule has 3 aromatic carbocycles. The molecule has 0 fully saturated rings. The molecule has 4 aromatic rings. The molecule has 0 bridgehead atoms. The minimum Gasteiger partial charge on any atom is -0.436 e. The average molecular weight is 447 g/mol. The quantitative estimate of drug-likeness (QED) is 0.375. The van der Waals surface area contributed by atoms with Gasteiger partial charge in [-0.1, -0.05) is 70.5 Å². The third-order valence-electron chi connectivity index (χ3n) is 4.63. The Morgan fingerprint density at radius 3 is 2.41 bits per heavy atom. The highest BCUT2D eigenvalue weighted by Crippen LogP contribution is 2.29. The molecule has 1 heterocycles. The van der Waals surface area contributed by atoms with Crippen molar-refractivity contribution in [1.29, 1.82) is 0 Å². The summed E-state index contributed by atoms with van der Waals surface area (Å²) in [5.41, 5.74) is 3.25. The number of rotatable bonds is 5. The Morgan fingerprint density at radius 2 is 1.66 bits per heavy atom. The van der Waals surface area contributed by atoms with Gasteiger partial charge in [0.2, 0.25) is 5.89 Å². The fourth-order valence-electron chi connectivity index (χ4n) is 3.14. The van der Waals surface area contributed by atoms with E-state index in [0.717, 1.165) is 15.6 Å². The predicted octanol–water partition coefficient (Wildman–Crippen LogP) is 6.04. The van der Waals surface area contributed by atoms with Crippen LogP contribution in [0.4, 0.5) is 0 Å². The first-order valence-corrected chi connectivity index (χ1v) is 10.0. The topological polar surface area (TPSA) is 46.3 Å². The van der Waals surface area contributed by atoms with E-state index in [-0.39, 0.29) is 5.91 Å². The number of aromatic nitrogens is 1. The van der Waals surface area contributed by atoms with E-state index in [1.165, 1.54) is 0 Å². The summed E-state index contributed by atoms with van der Waals surface area (Å²) in [7, 11) is 1.80. The molecule has 5 heteroatoms. The van der Waals surface area contributed by atoms with Gasteiger partial charge < -0.3 is 9.32 Å². The van der Waals surface area contributed by atoms with E-state index < -0.39 is 0 Å². The minimum atomic E-state index is -0.0761.